The molecule has 18 aromatic rings. The van der Waals surface area contributed by atoms with Crippen molar-refractivity contribution in [3.8, 4) is 123 Å². The Morgan fingerprint density at radius 2 is 0.655 bits per heavy atom. The third-order valence-corrected chi connectivity index (χ3v) is 18.3. The average molecular weight is 2250 g/mol. The van der Waals surface area contributed by atoms with Crippen LogP contribution < -0.4 is 0 Å². The maximum atomic E-state index is 4.64. The Bertz CT molecular complexity index is 5590. The van der Waals surface area contributed by atoms with Crippen LogP contribution in [0.15, 0.2) is 407 Å². The quantitative estimate of drug-likeness (QED) is 0.113. The topological polar surface area (TPSA) is 77.3 Å². The molecule has 6 aromatic heterocycles. The van der Waals surface area contributed by atoms with Gasteiger partial charge in [0, 0.05) is 103 Å². The third-order valence-electron chi connectivity index (χ3n) is 18.3. The van der Waals surface area contributed by atoms with E-state index in [-0.39, 0.29) is 80.4 Å². The third kappa shape index (κ3) is 28.7. The minimum absolute atomic E-state index is 0. The fraction of sp³-hybridized carbons (Fsp3) is 0.0642. The second-order valence-electron chi connectivity index (χ2n) is 27.1. The monoisotopic (exact) mass is 2250 g/mol. The summed E-state index contributed by atoms with van der Waals surface area (Å²) >= 11 is 0. The Kier molecular flexibility index (Phi) is 38.9. The van der Waals surface area contributed by atoms with Gasteiger partial charge in [-0.05, 0) is 99.6 Å². The fourth-order valence-corrected chi connectivity index (χ4v) is 12.4. The van der Waals surface area contributed by atoms with Gasteiger partial charge in [-0.25, -0.2) is 11.1 Å². The number of aromatic nitrogens is 6. The van der Waals surface area contributed by atoms with Crippen molar-refractivity contribution in [3.63, 3.8) is 0 Å². The van der Waals surface area contributed by atoms with Crippen LogP contribution in [-0.4, -0.2) is 29.9 Å². The van der Waals surface area contributed by atoms with E-state index in [1.165, 1.54) is 66.8 Å². The van der Waals surface area contributed by atoms with E-state index in [0.717, 1.165) is 84.2 Å². The first-order valence-corrected chi connectivity index (χ1v) is 38.3. The summed E-state index contributed by atoms with van der Waals surface area (Å²) in [5.41, 5.74) is 30.1. The molecule has 0 aliphatic carbocycles. The van der Waals surface area contributed by atoms with Crippen molar-refractivity contribution in [3.05, 3.63) is 484 Å². The van der Waals surface area contributed by atoms with E-state index in [1.54, 1.807) is 24.8 Å². The minimum atomic E-state index is 0. The van der Waals surface area contributed by atoms with Crippen LogP contribution in [0.4, 0.5) is 0 Å². The van der Waals surface area contributed by atoms with Gasteiger partial charge in [-0.3, -0.25) is 0 Å². The first-order valence-electron chi connectivity index (χ1n) is 38.3. The molecule has 10 heteroatoms. The molecule has 0 unspecified atom stereocenters. The number of nitrogens with zero attached hydrogens (tertiary/aromatic N) is 6. The zero-order chi connectivity index (χ0) is 79.4. The first kappa shape index (κ1) is 92.6. The number of rotatable bonds is 12. The van der Waals surface area contributed by atoms with Gasteiger partial charge in [0.25, 0.3) is 0 Å². The predicted molar refractivity (Wildman–Crippen MR) is 475 cm³/mol. The standard InChI is InChI=1S/2C20H18N.2C17H12N.C13H10.2C11H8N.4Ir/c1-14-9-15(2)11-18(10-14)20-12-16(3)19(13-21-20)17-7-5-4-6-8-17;1-15(2)17-11-12-21-20(14-17)19-10-6-9-18(13-19)16-7-4-3-5-8-16;1-2-7-14(8-3-1)15-9-6-10-16(13-15)17-11-4-5-12-18-17;1-2-6-14(7-3-1)15-9-11-16(12-10-15)17-8-4-5-13-18-17;1-11-7-5-6-10-13(11)12-8-3-2-4-9-12;2*1-2-6-10(7-3-1)11-8-4-5-9-12-11;;;;/h4-10,12-13H,1-3H3;3-9,11-15H,1-2H3;1-9,11-13H;1-11,13H;2-8H,1H3;2*1-6,8-9H;;;;/q4*-1;-2;2*-1;;;;+3. The van der Waals surface area contributed by atoms with Gasteiger partial charge in [0.05, 0.1) is 0 Å². The molecule has 6 nitrogen and oxygen atoms in total. The summed E-state index contributed by atoms with van der Waals surface area (Å²) in [5.74, 6) is 0.504. The van der Waals surface area contributed by atoms with Crippen molar-refractivity contribution >= 4 is 0 Å². The van der Waals surface area contributed by atoms with Crippen LogP contribution in [0.2, 0.25) is 0 Å². The molecule has 6 heterocycles. The molecule has 0 aliphatic rings. The molecule has 0 fully saturated rings. The molecule has 0 aliphatic heterocycles. The molecule has 0 saturated carbocycles. The molecule has 0 bridgehead atoms. The largest absolute Gasteiger partial charge is 3.00 e. The van der Waals surface area contributed by atoms with Crippen LogP contribution in [0.1, 0.15) is 47.6 Å². The molecular weight excluding hydrogens is 2160 g/mol. The zero-order valence-electron chi connectivity index (χ0n) is 66.8. The summed E-state index contributed by atoms with van der Waals surface area (Å²) in [6.45, 7) is 12.8. The van der Waals surface area contributed by atoms with Gasteiger partial charge in [-0.15, -0.1) is 219 Å². The maximum absolute atomic E-state index is 4.64. The second-order valence-corrected chi connectivity index (χ2v) is 27.1. The smallest absolute Gasteiger partial charge is 0.305 e. The Balaban J connectivity index is 0.000000174. The van der Waals surface area contributed by atoms with Crippen LogP contribution in [0.25, 0.3) is 123 Å². The van der Waals surface area contributed by atoms with Crippen molar-refractivity contribution < 1.29 is 80.4 Å². The van der Waals surface area contributed by atoms with Crippen molar-refractivity contribution in [1.29, 1.82) is 0 Å². The Morgan fingerprint density at radius 1 is 0.252 bits per heavy atom. The Morgan fingerprint density at radius 3 is 1.08 bits per heavy atom. The Labute approximate surface area is 757 Å². The summed E-state index contributed by atoms with van der Waals surface area (Å²) < 4.78 is 0. The second kappa shape index (κ2) is 50.0. The number of aryl methyl sites for hydroxylation is 4. The molecule has 0 atom stereocenters. The molecule has 18 rings (SSSR count). The molecular formula is C109H86Ir4N6-5. The van der Waals surface area contributed by atoms with Gasteiger partial charge in [0.2, 0.25) is 0 Å². The number of pyridine rings is 6. The van der Waals surface area contributed by atoms with E-state index in [0.29, 0.717) is 5.92 Å². The van der Waals surface area contributed by atoms with Gasteiger partial charge in [0.1, 0.15) is 0 Å². The van der Waals surface area contributed by atoms with Crippen LogP contribution in [-0.2, 0) is 80.4 Å². The number of hydrogen-bond acceptors (Lipinski definition) is 6. The van der Waals surface area contributed by atoms with E-state index in [9.17, 15) is 0 Å². The average Bonchev–Trinajstić information content (AvgIpc) is 0.823. The summed E-state index contributed by atoms with van der Waals surface area (Å²) in [6.07, 6.45) is 11.0. The summed E-state index contributed by atoms with van der Waals surface area (Å²) in [5, 5.41) is 0. The molecule has 3 radical (unpaired) electrons. The number of benzene rings is 12. The van der Waals surface area contributed by atoms with Crippen LogP contribution in [0, 0.1) is 76.2 Å². The molecule has 119 heavy (non-hydrogen) atoms. The minimum Gasteiger partial charge on any atom is -0.305 e. The van der Waals surface area contributed by atoms with E-state index >= 15 is 0 Å². The summed E-state index contributed by atoms with van der Waals surface area (Å²) in [6, 6.07) is 150. The molecule has 0 amide bonds. The maximum Gasteiger partial charge on any atom is 3.00 e. The van der Waals surface area contributed by atoms with E-state index in [2.05, 4.69) is 272 Å². The van der Waals surface area contributed by atoms with Gasteiger partial charge in [-0.1, -0.05) is 233 Å². The normalized spacial score (nSPS) is 9.91. The number of hydrogen-bond donors (Lipinski definition) is 0. The van der Waals surface area contributed by atoms with Crippen molar-refractivity contribution in [1.82, 2.24) is 29.9 Å². The van der Waals surface area contributed by atoms with E-state index < -0.39 is 0 Å². The summed E-state index contributed by atoms with van der Waals surface area (Å²) in [4.78, 5) is 26.2. The zero-order valence-corrected chi connectivity index (χ0v) is 76.4. The summed E-state index contributed by atoms with van der Waals surface area (Å²) in [7, 11) is 0. The van der Waals surface area contributed by atoms with Crippen molar-refractivity contribution in [2.45, 2.75) is 47.5 Å². The molecule has 0 spiro atoms. The van der Waals surface area contributed by atoms with Gasteiger partial charge < -0.3 is 29.9 Å². The van der Waals surface area contributed by atoms with Gasteiger partial charge in [0.15, 0.2) is 0 Å². The first-order chi connectivity index (χ1) is 56.5. The van der Waals surface area contributed by atoms with Crippen LogP contribution in [0.3, 0.4) is 0 Å². The molecule has 12 aromatic carbocycles. The van der Waals surface area contributed by atoms with Gasteiger partial charge >= 0.3 is 20.1 Å². The SMILES string of the molecule is CC(C)c1ccnc(-c2[c-]ccc(-c3ccccc3)c2)c1.Cc1[c-]c(-c2cc(C)c(-c3ccccc3)cn2)cc(C)c1.Cc1ccc[c-]c1-c1[c-]cccc1.[Ir+3].[Ir].[Ir].[Ir].[c-]1cc(-c2ccccc2)ccc1-c1ccccn1.[c-]1ccc(-c2ccccc2)cc1-c1ccccn1.[c-]1ccccc1-c1ccccn1.[c-]1ccccc1-c1ccccn1. The Hall–Kier alpha value is -11.9. The fourth-order valence-electron chi connectivity index (χ4n) is 12.4. The van der Waals surface area contributed by atoms with E-state index in [1.807, 2.05) is 231 Å². The predicted octanol–water partition coefficient (Wildman–Crippen LogP) is 27.3. The van der Waals surface area contributed by atoms with Gasteiger partial charge in [-0.2, -0.15) is 48.0 Å². The van der Waals surface area contributed by atoms with E-state index in [4.69, 9.17) is 0 Å². The van der Waals surface area contributed by atoms with Crippen LogP contribution in [0.5, 0.6) is 0 Å². The van der Waals surface area contributed by atoms with Crippen molar-refractivity contribution in [2.75, 3.05) is 0 Å². The molecule has 0 N–H and O–H groups in total. The molecule has 593 valence electrons. The van der Waals surface area contributed by atoms with Crippen molar-refractivity contribution in [2.24, 2.45) is 0 Å². The molecule has 0 saturated heterocycles. The van der Waals surface area contributed by atoms with Crippen LogP contribution >= 0.6 is 0 Å².